The van der Waals surface area contributed by atoms with Crippen LogP contribution in [0.3, 0.4) is 0 Å². The summed E-state index contributed by atoms with van der Waals surface area (Å²) in [6.07, 6.45) is 4.74. The average molecular weight is 172 g/mol. The summed E-state index contributed by atoms with van der Waals surface area (Å²) in [6.45, 7) is 9.35. The van der Waals surface area contributed by atoms with Crippen molar-refractivity contribution < 1.29 is 5.11 Å². The van der Waals surface area contributed by atoms with E-state index in [1.807, 2.05) is 0 Å². The quantitative estimate of drug-likeness (QED) is 0.652. The molecule has 12 heavy (non-hydrogen) atoms. The van der Waals surface area contributed by atoms with Gasteiger partial charge in [0.2, 0.25) is 0 Å². The largest absolute Gasteiger partial charge is 0.396 e. The van der Waals surface area contributed by atoms with Gasteiger partial charge in [0.1, 0.15) is 0 Å². The maximum atomic E-state index is 8.82. The Bertz CT molecular complexity index is 108. The van der Waals surface area contributed by atoms with Crippen LogP contribution in [0.15, 0.2) is 0 Å². The number of rotatable bonds is 6. The molecule has 0 aliphatic carbocycles. The van der Waals surface area contributed by atoms with Gasteiger partial charge in [-0.2, -0.15) is 0 Å². The first-order valence-corrected chi connectivity index (χ1v) is 5.12. The lowest BCUT2D eigenvalue weighted by Gasteiger charge is -2.24. The van der Waals surface area contributed by atoms with Gasteiger partial charge in [0.15, 0.2) is 0 Å². The molecule has 0 aromatic rings. The summed E-state index contributed by atoms with van der Waals surface area (Å²) >= 11 is 0. The number of aliphatic hydroxyl groups excluding tert-OH is 1. The molecule has 74 valence electrons. The third-order valence-electron chi connectivity index (χ3n) is 2.80. The van der Waals surface area contributed by atoms with Crippen molar-refractivity contribution in [3.05, 3.63) is 0 Å². The summed E-state index contributed by atoms with van der Waals surface area (Å²) < 4.78 is 0. The molecule has 1 atom stereocenters. The van der Waals surface area contributed by atoms with E-state index in [2.05, 4.69) is 27.7 Å². The van der Waals surface area contributed by atoms with Gasteiger partial charge in [-0.05, 0) is 24.2 Å². The second-order valence-corrected chi connectivity index (χ2v) is 4.69. The molecule has 0 radical (unpaired) electrons. The number of hydrogen-bond acceptors (Lipinski definition) is 1. The minimum absolute atomic E-state index is 0.327. The Morgan fingerprint density at radius 3 is 2.25 bits per heavy atom. The van der Waals surface area contributed by atoms with E-state index in [0.717, 1.165) is 12.3 Å². The Morgan fingerprint density at radius 2 is 1.83 bits per heavy atom. The van der Waals surface area contributed by atoms with Crippen molar-refractivity contribution in [1.29, 1.82) is 0 Å². The molecular formula is C11H24O. The topological polar surface area (TPSA) is 20.2 Å². The van der Waals surface area contributed by atoms with Gasteiger partial charge in [-0.1, -0.05) is 40.5 Å². The standard InChI is InChI=1S/C11H24O/c1-5-10(2)6-7-11(3,4)8-9-12/h10,12H,5-9H2,1-4H3. The lowest BCUT2D eigenvalue weighted by molar-refractivity contribution is 0.192. The van der Waals surface area contributed by atoms with E-state index in [4.69, 9.17) is 5.11 Å². The molecule has 0 rings (SSSR count). The molecule has 0 aliphatic heterocycles. The molecule has 0 aliphatic rings. The van der Waals surface area contributed by atoms with Crippen molar-refractivity contribution in [1.82, 2.24) is 0 Å². The van der Waals surface area contributed by atoms with Gasteiger partial charge < -0.3 is 5.11 Å². The third kappa shape index (κ3) is 5.59. The molecule has 0 amide bonds. The second kappa shape index (κ2) is 5.58. The molecule has 0 saturated carbocycles. The highest BCUT2D eigenvalue weighted by atomic mass is 16.3. The molecule has 0 fully saturated rings. The molecule has 0 spiro atoms. The molecule has 0 aromatic carbocycles. The zero-order valence-electron chi connectivity index (χ0n) is 9.06. The smallest absolute Gasteiger partial charge is 0.0436 e. The fourth-order valence-electron chi connectivity index (χ4n) is 1.27. The summed E-state index contributed by atoms with van der Waals surface area (Å²) in [4.78, 5) is 0. The van der Waals surface area contributed by atoms with Gasteiger partial charge in [-0.3, -0.25) is 0 Å². The van der Waals surface area contributed by atoms with Crippen molar-refractivity contribution in [2.75, 3.05) is 6.61 Å². The number of hydrogen-bond donors (Lipinski definition) is 1. The van der Waals surface area contributed by atoms with E-state index in [1.165, 1.54) is 19.3 Å². The maximum absolute atomic E-state index is 8.82. The van der Waals surface area contributed by atoms with Gasteiger partial charge in [-0.15, -0.1) is 0 Å². The third-order valence-corrected chi connectivity index (χ3v) is 2.80. The molecule has 0 bridgehead atoms. The SMILES string of the molecule is CCC(C)CCC(C)(C)CCO. The summed E-state index contributed by atoms with van der Waals surface area (Å²) in [5.41, 5.74) is 0.332. The monoisotopic (exact) mass is 172 g/mol. The molecule has 0 aromatic heterocycles. The van der Waals surface area contributed by atoms with Crippen molar-refractivity contribution in [3.8, 4) is 0 Å². The van der Waals surface area contributed by atoms with Crippen LogP contribution in [0, 0.1) is 11.3 Å². The van der Waals surface area contributed by atoms with Crippen molar-refractivity contribution in [3.63, 3.8) is 0 Å². The van der Waals surface area contributed by atoms with Crippen LogP contribution in [0.1, 0.15) is 53.4 Å². The van der Waals surface area contributed by atoms with Crippen LogP contribution in [0.25, 0.3) is 0 Å². The zero-order chi connectivity index (χ0) is 9.61. The number of aliphatic hydroxyl groups is 1. The predicted octanol–water partition coefficient (Wildman–Crippen LogP) is 3.22. The second-order valence-electron chi connectivity index (χ2n) is 4.69. The summed E-state index contributed by atoms with van der Waals surface area (Å²) in [6, 6.07) is 0. The lowest BCUT2D eigenvalue weighted by atomic mass is 9.82. The van der Waals surface area contributed by atoms with Crippen LogP contribution in [0.5, 0.6) is 0 Å². The highest BCUT2D eigenvalue weighted by Crippen LogP contribution is 2.28. The molecule has 1 heteroatoms. The van der Waals surface area contributed by atoms with Gasteiger partial charge in [0, 0.05) is 6.61 Å². The van der Waals surface area contributed by atoms with Crippen LogP contribution in [0.2, 0.25) is 0 Å². The highest BCUT2D eigenvalue weighted by molar-refractivity contribution is 4.69. The summed E-state index contributed by atoms with van der Waals surface area (Å²) in [5, 5.41) is 8.82. The predicted molar refractivity (Wildman–Crippen MR) is 54.2 cm³/mol. The molecule has 1 N–H and O–H groups in total. The van der Waals surface area contributed by atoms with Crippen molar-refractivity contribution in [2.45, 2.75) is 53.4 Å². The van der Waals surface area contributed by atoms with Crippen LogP contribution in [-0.4, -0.2) is 11.7 Å². The minimum atomic E-state index is 0.327. The van der Waals surface area contributed by atoms with Gasteiger partial charge in [0.25, 0.3) is 0 Å². The van der Waals surface area contributed by atoms with Gasteiger partial charge in [0.05, 0.1) is 0 Å². The van der Waals surface area contributed by atoms with E-state index in [9.17, 15) is 0 Å². The Morgan fingerprint density at radius 1 is 1.25 bits per heavy atom. The van der Waals surface area contributed by atoms with Crippen LogP contribution in [0.4, 0.5) is 0 Å². The van der Waals surface area contributed by atoms with Crippen molar-refractivity contribution >= 4 is 0 Å². The van der Waals surface area contributed by atoms with Gasteiger partial charge in [-0.25, -0.2) is 0 Å². The van der Waals surface area contributed by atoms with E-state index < -0.39 is 0 Å². The van der Waals surface area contributed by atoms with E-state index >= 15 is 0 Å². The molecule has 0 heterocycles. The van der Waals surface area contributed by atoms with Crippen molar-refractivity contribution in [2.24, 2.45) is 11.3 Å². The Balaban J connectivity index is 3.59. The lowest BCUT2D eigenvalue weighted by Crippen LogP contribution is -2.14. The van der Waals surface area contributed by atoms with E-state index in [1.54, 1.807) is 0 Å². The first-order valence-electron chi connectivity index (χ1n) is 5.12. The fourth-order valence-corrected chi connectivity index (χ4v) is 1.27. The average Bonchev–Trinajstić information content (AvgIpc) is 2.00. The molecule has 1 nitrogen and oxygen atoms in total. The Hall–Kier alpha value is -0.0400. The molecular weight excluding hydrogens is 148 g/mol. The highest BCUT2D eigenvalue weighted by Gasteiger charge is 2.17. The zero-order valence-corrected chi connectivity index (χ0v) is 9.06. The first kappa shape index (κ1) is 12.0. The summed E-state index contributed by atoms with van der Waals surface area (Å²) in [5.74, 6) is 0.836. The molecule has 0 saturated heterocycles. The van der Waals surface area contributed by atoms with Crippen LogP contribution < -0.4 is 0 Å². The van der Waals surface area contributed by atoms with E-state index in [0.29, 0.717) is 12.0 Å². The van der Waals surface area contributed by atoms with Gasteiger partial charge >= 0.3 is 0 Å². The minimum Gasteiger partial charge on any atom is -0.396 e. The fraction of sp³-hybridized carbons (Fsp3) is 1.00. The Labute approximate surface area is 77.2 Å². The normalized spacial score (nSPS) is 14.8. The first-order chi connectivity index (χ1) is 5.52. The summed E-state index contributed by atoms with van der Waals surface area (Å²) in [7, 11) is 0. The van der Waals surface area contributed by atoms with E-state index in [-0.39, 0.29) is 0 Å². The van der Waals surface area contributed by atoms with Crippen LogP contribution >= 0.6 is 0 Å². The molecule has 1 unspecified atom stereocenters. The maximum Gasteiger partial charge on any atom is 0.0436 e. The Kier molecular flexibility index (Phi) is 5.56. The van der Waals surface area contributed by atoms with Crippen LogP contribution in [-0.2, 0) is 0 Å².